The van der Waals surface area contributed by atoms with Gasteiger partial charge in [0.25, 0.3) is 0 Å². The molecule has 1 unspecified atom stereocenters. The molecule has 2 fully saturated rings. The van der Waals surface area contributed by atoms with Gasteiger partial charge in [0.2, 0.25) is 5.91 Å². The topological polar surface area (TPSA) is 66.0 Å². The number of likely N-dealkylation sites (tertiary alicyclic amines) is 1. The summed E-state index contributed by atoms with van der Waals surface area (Å²) in [5.74, 6) is 3.10. The second-order valence-corrected chi connectivity index (χ2v) is 8.24. The third-order valence-corrected chi connectivity index (χ3v) is 6.22. The number of rotatable bonds is 7. The summed E-state index contributed by atoms with van der Waals surface area (Å²) in [7, 11) is 3.52. The molecule has 2 N–H and O–H groups in total. The molecule has 30 heavy (non-hydrogen) atoms. The van der Waals surface area contributed by atoms with Crippen molar-refractivity contribution < 1.29 is 9.53 Å². The van der Waals surface area contributed by atoms with Gasteiger partial charge in [-0.2, -0.15) is 0 Å². The number of guanidine groups is 1. The van der Waals surface area contributed by atoms with Gasteiger partial charge in [-0.15, -0.1) is 24.0 Å². The van der Waals surface area contributed by atoms with E-state index in [2.05, 4.69) is 32.7 Å². The monoisotopic (exact) mass is 528 g/mol. The first-order valence-electron chi connectivity index (χ1n) is 11.1. The van der Waals surface area contributed by atoms with Crippen molar-refractivity contribution in [3.05, 3.63) is 29.8 Å². The van der Waals surface area contributed by atoms with Crippen LogP contribution in [0.2, 0.25) is 0 Å². The van der Waals surface area contributed by atoms with E-state index in [9.17, 15) is 4.79 Å². The van der Waals surface area contributed by atoms with E-state index in [1.54, 1.807) is 7.11 Å². The van der Waals surface area contributed by atoms with Gasteiger partial charge in [0.1, 0.15) is 5.75 Å². The number of nitrogens with one attached hydrogen (secondary N) is 2. The Morgan fingerprint density at radius 1 is 1.10 bits per heavy atom. The maximum atomic E-state index is 12.1. The standard InChI is InChI=1S/C23H36N4O2.HI/c1-24-23(26-14-13-25-22(28)16-18-6-4-3-5-7-18)27-15-12-20(17-27)19-8-10-21(29-2)11-9-19;/h8-11,18,20H,3-7,12-17H2,1-2H3,(H,24,26)(H,25,28);1H. The van der Waals surface area contributed by atoms with Crippen LogP contribution in [-0.2, 0) is 4.79 Å². The number of nitrogens with zero attached hydrogens (tertiary/aromatic N) is 2. The number of carbonyl (C=O) groups excluding carboxylic acids is 1. The van der Waals surface area contributed by atoms with Crippen molar-refractivity contribution in [1.29, 1.82) is 0 Å². The molecule has 1 aliphatic heterocycles. The van der Waals surface area contributed by atoms with Crippen LogP contribution in [0.15, 0.2) is 29.3 Å². The molecule has 1 saturated heterocycles. The minimum Gasteiger partial charge on any atom is -0.497 e. The summed E-state index contributed by atoms with van der Waals surface area (Å²) in [4.78, 5) is 18.9. The molecule has 168 valence electrons. The van der Waals surface area contributed by atoms with Gasteiger partial charge in [-0.05, 0) is 42.9 Å². The van der Waals surface area contributed by atoms with E-state index in [-0.39, 0.29) is 29.9 Å². The number of benzene rings is 1. The van der Waals surface area contributed by atoms with Crippen molar-refractivity contribution in [1.82, 2.24) is 15.5 Å². The van der Waals surface area contributed by atoms with Crippen LogP contribution in [-0.4, -0.2) is 57.1 Å². The highest BCUT2D eigenvalue weighted by molar-refractivity contribution is 14.0. The Morgan fingerprint density at radius 3 is 2.47 bits per heavy atom. The molecule has 1 aromatic carbocycles. The highest BCUT2D eigenvalue weighted by atomic mass is 127. The molecule has 1 amide bonds. The highest BCUT2D eigenvalue weighted by Gasteiger charge is 2.26. The van der Waals surface area contributed by atoms with Crippen LogP contribution in [0.25, 0.3) is 0 Å². The molecule has 2 aliphatic rings. The van der Waals surface area contributed by atoms with Crippen molar-refractivity contribution >= 4 is 35.8 Å². The Bertz CT molecular complexity index is 674. The van der Waals surface area contributed by atoms with Crippen molar-refractivity contribution in [3.63, 3.8) is 0 Å². The van der Waals surface area contributed by atoms with Gasteiger partial charge in [-0.3, -0.25) is 9.79 Å². The second kappa shape index (κ2) is 13.0. The lowest BCUT2D eigenvalue weighted by molar-refractivity contribution is -0.122. The predicted octanol–water partition coefficient (Wildman–Crippen LogP) is 3.76. The molecular formula is C23H37IN4O2. The first kappa shape index (κ1) is 24.8. The van der Waals surface area contributed by atoms with E-state index >= 15 is 0 Å². The number of ether oxygens (including phenoxy) is 1. The Kier molecular flexibility index (Phi) is 10.7. The third kappa shape index (κ3) is 7.32. The van der Waals surface area contributed by atoms with E-state index in [0.717, 1.165) is 31.2 Å². The summed E-state index contributed by atoms with van der Waals surface area (Å²) in [6.07, 6.45) is 8.12. The number of hydrogen-bond donors (Lipinski definition) is 2. The van der Waals surface area contributed by atoms with E-state index < -0.39 is 0 Å². The molecule has 7 heteroatoms. The lowest BCUT2D eigenvalue weighted by Gasteiger charge is -2.22. The third-order valence-electron chi connectivity index (χ3n) is 6.22. The summed E-state index contributed by atoms with van der Waals surface area (Å²) >= 11 is 0. The van der Waals surface area contributed by atoms with Crippen LogP contribution in [0.5, 0.6) is 5.75 Å². The largest absolute Gasteiger partial charge is 0.497 e. The number of carbonyl (C=O) groups is 1. The Labute approximate surface area is 198 Å². The van der Waals surface area contributed by atoms with Gasteiger partial charge in [0, 0.05) is 45.6 Å². The van der Waals surface area contributed by atoms with Crippen LogP contribution in [0.4, 0.5) is 0 Å². The summed E-state index contributed by atoms with van der Waals surface area (Å²) in [6.45, 7) is 3.29. The second-order valence-electron chi connectivity index (χ2n) is 8.24. The molecule has 6 nitrogen and oxygen atoms in total. The normalized spacial score (nSPS) is 19.9. The zero-order valence-corrected chi connectivity index (χ0v) is 20.7. The Hall–Kier alpha value is -1.51. The van der Waals surface area contributed by atoms with Gasteiger partial charge >= 0.3 is 0 Å². The van der Waals surface area contributed by atoms with Crippen molar-refractivity contribution in [2.45, 2.75) is 50.9 Å². The fourth-order valence-corrected chi connectivity index (χ4v) is 4.53. The average molecular weight is 528 g/mol. The van der Waals surface area contributed by atoms with Crippen LogP contribution < -0.4 is 15.4 Å². The first-order valence-corrected chi connectivity index (χ1v) is 11.1. The molecule has 3 rings (SSSR count). The van der Waals surface area contributed by atoms with Crippen LogP contribution in [0, 0.1) is 5.92 Å². The number of methoxy groups -OCH3 is 1. The molecule has 1 aromatic rings. The molecule has 1 atom stereocenters. The fraction of sp³-hybridized carbons (Fsp3) is 0.652. The average Bonchev–Trinajstić information content (AvgIpc) is 3.24. The first-order chi connectivity index (χ1) is 14.2. The highest BCUT2D eigenvalue weighted by Crippen LogP contribution is 2.28. The summed E-state index contributed by atoms with van der Waals surface area (Å²) in [5, 5.41) is 6.46. The lowest BCUT2D eigenvalue weighted by Crippen LogP contribution is -2.43. The Balaban J connectivity index is 0.00000320. The summed E-state index contributed by atoms with van der Waals surface area (Å²) in [6, 6.07) is 8.37. The minimum absolute atomic E-state index is 0. The number of halogens is 1. The van der Waals surface area contributed by atoms with Gasteiger partial charge in [0.15, 0.2) is 5.96 Å². The summed E-state index contributed by atoms with van der Waals surface area (Å²) in [5.41, 5.74) is 1.35. The molecule has 1 heterocycles. The van der Waals surface area contributed by atoms with E-state index in [4.69, 9.17) is 4.74 Å². The molecule has 0 bridgehead atoms. The molecule has 0 spiro atoms. The van der Waals surface area contributed by atoms with Gasteiger partial charge in [0.05, 0.1) is 7.11 Å². The molecule has 0 radical (unpaired) electrons. The van der Waals surface area contributed by atoms with Gasteiger partial charge in [-0.25, -0.2) is 0 Å². The van der Waals surface area contributed by atoms with Crippen molar-refractivity contribution in [3.8, 4) is 5.75 Å². The fourth-order valence-electron chi connectivity index (χ4n) is 4.53. The van der Waals surface area contributed by atoms with E-state index in [1.807, 2.05) is 19.2 Å². The van der Waals surface area contributed by atoms with Crippen LogP contribution >= 0.6 is 24.0 Å². The van der Waals surface area contributed by atoms with Crippen molar-refractivity contribution in [2.24, 2.45) is 10.9 Å². The number of hydrogen-bond acceptors (Lipinski definition) is 3. The zero-order chi connectivity index (χ0) is 20.5. The SMILES string of the molecule is CN=C(NCCNC(=O)CC1CCCCC1)N1CCC(c2ccc(OC)cc2)C1.I. The summed E-state index contributed by atoms with van der Waals surface area (Å²) < 4.78 is 5.25. The number of aliphatic imine (C=N–C) groups is 1. The Morgan fingerprint density at radius 2 is 1.80 bits per heavy atom. The number of amides is 1. The van der Waals surface area contributed by atoms with Crippen LogP contribution in [0.3, 0.4) is 0 Å². The lowest BCUT2D eigenvalue weighted by atomic mass is 9.87. The maximum absolute atomic E-state index is 12.1. The quantitative estimate of drug-likeness (QED) is 0.245. The van der Waals surface area contributed by atoms with E-state index in [1.165, 1.54) is 37.7 Å². The van der Waals surface area contributed by atoms with Gasteiger partial charge < -0.3 is 20.3 Å². The predicted molar refractivity (Wildman–Crippen MR) is 133 cm³/mol. The maximum Gasteiger partial charge on any atom is 0.220 e. The smallest absolute Gasteiger partial charge is 0.220 e. The molecular weight excluding hydrogens is 491 g/mol. The molecule has 1 aliphatic carbocycles. The van der Waals surface area contributed by atoms with Crippen molar-refractivity contribution in [2.75, 3.05) is 40.3 Å². The van der Waals surface area contributed by atoms with Crippen LogP contribution in [0.1, 0.15) is 56.4 Å². The van der Waals surface area contributed by atoms with Gasteiger partial charge in [-0.1, -0.05) is 31.4 Å². The molecule has 1 saturated carbocycles. The zero-order valence-electron chi connectivity index (χ0n) is 18.4. The van der Waals surface area contributed by atoms with E-state index in [0.29, 0.717) is 31.3 Å². The molecule has 0 aromatic heterocycles. The minimum atomic E-state index is 0.